The second-order valence-electron chi connectivity index (χ2n) is 14.4. The third-order valence-corrected chi connectivity index (χ3v) is 12.2. The standard InChI is InChI=1S/C52H35N3S/c1-3-12-34(13-4-1)36-22-26-38(27-23-36)45-33-46(54-52(53-45)39-28-24-37(25-29-39)35-14-5-2-6-15-35)42-18-11-20-48-51(42)43-17-7-9-19-47(43)55(48)40-30-31-50-44(32-40)41-16-8-10-21-49(41)56-50/h1-33,46H,(H,53,54). The van der Waals surface area contributed by atoms with E-state index in [1.807, 2.05) is 11.3 Å². The average molecular weight is 734 g/mol. The summed E-state index contributed by atoms with van der Waals surface area (Å²) in [4.78, 5) is 5.31. The number of aromatic nitrogens is 1. The van der Waals surface area contributed by atoms with E-state index in [0.717, 1.165) is 28.3 Å². The van der Waals surface area contributed by atoms with Crippen LogP contribution in [0.15, 0.2) is 205 Å². The molecule has 264 valence electrons. The zero-order valence-electron chi connectivity index (χ0n) is 30.4. The van der Waals surface area contributed by atoms with E-state index in [-0.39, 0.29) is 6.04 Å². The van der Waals surface area contributed by atoms with E-state index in [1.54, 1.807) is 0 Å². The summed E-state index contributed by atoms with van der Waals surface area (Å²) in [5.41, 5.74) is 12.6. The summed E-state index contributed by atoms with van der Waals surface area (Å²) in [6.45, 7) is 0. The second-order valence-corrected chi connectivity index (χ2v) is 15.5. The Morgan fingerprint density at radius 1 is 0.446 bits per heavy atom. The molecular weight excluding hydrogens is 699 g/mol. The number of benzene rings is 8. The number of fused-ring (bicyclic) bond motifs is 6. The molecule has 1 N–H and O–H groups in total. The molecule has 3 heterocycles. The van der Waals surface area contributed by atoms with Crippen LogP contribution in [-0.2, 0) is 0 Å². The van der Waals surface area contributed by atoms with Crippen molar-refractivity contribution in [2.75, 3.05) is 0 Å². The maximum Gasteiger partial charge on any atom is 0.134 e. The minimum atomic E-state index is -0.133. The van der Waals surface area contributed by atoms with Gasteiger partial charge in [0.2, 0.25) is 0 Å². The van der Waals surface area contributed by atoms with E-state index in [1.165, 1.54) is 69.8 Å². The van der Waals surface area contributed by atoms with Crippen LogP contribution in [0.3, 0.4) is 0 Å². The third-order valence-electron chi connectivity index (χ3n) is 11.1. The number of hydrogen-bond donors (Lipinski definition) is 1. The molecular formula is C52H35N3S. The van der Waals surface area contributed by atoms with Gasteiger partial charge in [0.15, 0.2) is 0 Å². The first-order chi connectivity index (χ1) is 27.7. The lowest BCUT2D eigenvalue weighted by atomic mass is 9.95. The highest BCUT2D eigenvalue weighted by Gasteiger charge is 2.24. The van der Waals surface area contributed by atoms with Gasteiger partial charge in [0.1, 0.15) is 5.84 Å². The van der Waals surface area contributed by atoms with Gasteiger partial charge in [-0.25, -0.2) is 4.99 Å². The van der Waals surface area contributed by atoms with Gasteiger partial charge in [-0.3, -0.25) is 0 Å². The van der Waals surface area contributed by atoms with Crippen LogP contribution in [0.1, 0.15) is 22.7 Å². The van der Waals surface area contributed by atoms with E-state index < -0.39 is 0 Å². The molecule has 0 fully saturated rings. The first-order valence-corrected chi connectivity index (χ1v) is 19.9. The molecule has 4 heteroatoms. The van der Waals surface area contributed by atoms with Crippen LogP contribution < -0.4 is 5.32 Å². The number of thiophene rings is 1. The van der Waals surface area contributed by atoms with Gasteiger partial charge in [0, 0.05) is 42.2 Å². The number of para-hydroxylation sites is 1. The fraction of sp³-hybridized carbons (Fsp3) is 0.0192. The van der Waals surface area contributed by atoms with E-state index in [9.17, 15) is 0 Å². The largest absolute Gasteiger partial charge is 0.359 e. The lowest BCUT2D eigenvalue weighted by Gasteiger charge is -2.25. The Labute approximate surface area is 329 Å². The maximum absolute atomic E-state index is 5.31. The van der Waals surface area contributed by atoms with Crippen molar-refractivity contribution in [2.24, 2.45) is 4.99 Å². The lowest BCUT2D eigenvalue weighted by molar-refractivity contribution is 0.788. The molecule has 8 aromatic carbocycles. The van der Waals surface area contributed by atoms with E-state index in [2.05, 4.69) is 210 Å². The average Bonchev–Trinajstić information content (AvgIpc) is 3.82. The number of nitrogens with zero attached hydrogens (tertiary/aromatic N) is 2. The molecule has 0 bridgehead atoms. The Kier molecular flexibility index (Phi) is 7.75. The van der Waals surface area contributed by atoms with Gasteiger partial charge in [-0.05, 0) is 75.9 Å². The highest BCUT2D eigenvalue weighted by atomic mass is 32.1. The van der Waals surface area contributed by atoms with Crippen molar-refractivity contribution >= 4 is 64.8 Å². The van der Waals surface area contributed by atoms with Gasteiger partial charge in [0.05, 0.1) is 22.8 Å². The molecule has 1 atom stereocenters. The molecule has 2 aromatic heterocycles. The molecule has 1 aliphatic rings. The number of hydrogen-bond acceptors (Lipinski definition) is 3. The summed E-state index contributed by atoms with van der Waals surface area (Å²) in [5.74, 6) is 0.856. The van der Waals surface area contributed by atoms with Crippen LogP contribution in [0.5, 0.6) is 0 Å². The van der Waals surface area contributed by atoms with Crippen molar-refractivity contribution in [1.82, 2.24) is 9.88 Å². The topological polar surface area (TPSA) is 29.3 Å². The molecule has 0 aliphatic carbocycles. The van der Waals surface area contributed by atoms with Crippen LogP contribution in [0.25, 0.3) is 75.6 Å². The summed E-state index contributed by atoms with van der Waals surface area (Å²) in [7, 11) is 0. The minimum Gasteiger partial charge on any atom is -0.359 e. The highest BCUT2D eigenvalue weighted by Crippen LogP contribution is 2.41. The molecule has 0 amide bonds. The van der Waals surface area contributed by atoms with Crippen molar-refractivity contribution in [3.05, 3.63) is 217 Å². The van der Waals surface area contributed by atoms with Crippen LogP contribution in [0, 0.1) is 0 Å². The van der Waals surface area contributed by atoms with Crippen molar-refractivity contribution < 1.29 is 0 Å². The van der Waals surface area contributed by atoms with E-state index in [4.69, 9.17) is 4.99 Å². The third kappa shape index (κ3) is 5.54. The van der Waals surface area contributed by atoms with Gasteiger partial charge in [-0.2, -0.15) is 0 Å². The molecule has 0 saturated heterocycles. The molecule has 1 aliphatic heterocycles. The minimum absolute atomic E-state index is 0.133. The monoisotopic (exact) mass is 733 g/mol. The van der Waals surface area contributed by atoms with Crippen molar-refractivity contribution in [2.45, 2.75) is 6.04 Å². The first-order valence-electron chi connectivity index (χ1n) is 19.1. The zero-order valence-corrected chi connectivity index (χ0v) is 31.2. The smallest absolute Gasteiger partial charge is 0.134 e. The second kappa shape index (κ2) is 13.4. The van der Waals surface area contributed by atoms with Crippen molar-refractivity contribution in [1.29, 1.82) is 0 Å². The Hall–Kier alpha value is -7.01. The van der Waals surface area contributed by atoms with Gasteiger partial charge in [-0.15, -0.1) is 11.3 Å². The van der Waals surface area contributed by atoms with Crippen LogP contribution in [-0.4, -0.2) is 10.4 Å². The highest BCUT2D eigenvalue weighted by molar-refractivity contribution is 7.25. The molecule has 56 heavy (non-hydrogen) atoms. The predicted molar refractivity (Wildman–Crippen MR) is 238 cm³/mol. The summed E-state index contributed by atoms with van der Waals surface area (Å²) in [6, 6.07) is 69.7. The van der Waals surface area contributed by atoms with Crippen molar-refractivity contribution in [3.63, 3.8) is 0 Å². The summed E-state index contributed by atoms with van der Waals surface area (Å²) in [5, 5.41) is 8.97. The van der Waals surface area contributed by atoms with Crippen LogP contribution in [0.2, 0.25) is 0 Å². The number of aliphatic imine (C=N–C) groups is 1. The Balaban J connectivity index is 1.06. The molecule has 0 saturated carbocycles. The Bertz CT molecular complexity index is 3130. The Morgan fingerprint density at radius 3 is 1.75 bits per heavy atom. The normalized spacial score (nSPS) is 14.2. The van der Waals surface area contributed by atoms with Crippen LogP contribution >= 0.6 is 11.3 Å². The number of rotatable bonds is 6. The summed E-state index contributed by atoms with van der Waals surface area (Å²) in [6.07, 6.45) is 2.30. The molecule has 10 aromatic rings. The molecule has 11 rings (SSSR count). The maximum atomic E-state index is 5.31. The van der Waals surface area contributed by atoms with E-state index >= 15 is 0 Å². The van der Waals surface area contributed by atoms with Gasteiger partial charge >= 0.3 is 0 Å². The summed E-state index contributed by atoms with van der Waals surface area (Å²) < 4.78 is 5.06. The SMILES string of the molecule is C1=C(c2ccc(-c3ccccc3)cc2)N=C(c2ccc(-c3ccccc3)cc2)NC1c1cccc2c1c1ccccc1n2-c1ccc2sc3ccccc3c2c1. The molecule has 0 spiro atoms. The van der Waals surface area contributed by atoms with Crippen molar-refractivity contribution in [3.8, 4) is 27.9 Å². The molecule has 0 radical (unpaired) electrons. The Morgan fingerprint density at radius 2 is 1.02 bits per heavy atom. The summed E-state index contributed by atoms with van der Waals surface area (Å²) >= 11 is 1.86. The predicted octanol–water partition coefficient (Wildman–Crippen LogP) is 13.6. The number of amidine groups is 1. The first kappa shape index (κ1) is 32.4. The van der Waals surface area contributed by atoms with Gasteiger partial charge in [-0.1, -0.05) is 158 Å². The van der Waals surface area contributed by atoms with E-state index in [0.29, 0.717) is 0 Å². The fourth-order valence-corrected chi connectivity index (χ4v) is 9.45. The number of nitrogens with one attached hydrogen (secondary N) is 1. The zero-order chi connectivity index (χ0) is 37.0. The molecule has 1 unspecified atom stereocenters. The fourth-order valence-electron chi connectivity index (χ4n) is 8.37. The quantitative estimate of drug-likeness (QED) is 0.181. The van der Waals surface area contributed by atoms with Gasteiger partial charge in [0.25, 0.3) is 0 Å². The van der Waals surface area contributed by atoms with Gasteiger partial charge < -0.3 is 9.88 Å². The van der Waals surface area contributed by atoms with Crippen LogP contribution in [0.4, 0.5) is 0 Å². The molecule has 3 nitrogen and oxygen atoms in total. The lowest BCUT2D eigenvalue weighted by Crippen LogP contribution is -2.31.